The van der Waals surface area contributed by atoms with Gasteiger partial charge in [-0.15, -0.1) is 0 Å². The molecule has 1 fully saturated rings. The maximum atomic E-state index is 2.48. The third kappa shape index (κ3) is 1.45. The van der Waals surface area contributed by atoms with Gasteiger partial charge < -0.3 is 4.90 Å². The topological polar surface area (TPSA) is 3.24 Å². The van der Waals surface area contributed by atoms with Crippen molar-refractivity contribution in [2.75, 3.05) is 7.05 Å². The van der Waals surface area contributed by atoms with E-state index in [0.29, 0.717) is 0 Å². The molecule has 1 rings (SSSR count). The molecule has 0 aromatic rings. The van der Waals surface area contributed by atoms with E-state index in [4.69, 9.17) is 0 Å². The maximum absolute atomic E-state index is 2.48. The van der Waals surface area contributed by atoms with E-state index in [9.17, 15) is 0 Å². The zero-order valence-electron chi connectivity index (χ0n) is 6.72. The van der Waals surface area contributed by atoms with Crippen LogP contribution in [0.5, 0.6) is 0 Å². The fourth-order valence-corrected chi connectivity index (χ4v) is 1.55. The molecule has 0 saturated carbocycles. The summed E-state index contributed by atoms with van der Waals surface area (Å²) in [6.45, 7) is 4.63. The monoisotopic (exact) mass is 127 g/mol. The van der Waals surface area contributed by atoms with Gasteiger partial charge in [0.15, 0.2) is 0 Å². The van der Waals surface area contributed by atoms with E-state index in [2.05, 4.69) is 25.8 Å². The molecule has 1 heteroatoms. The van der Waals surface area contributed by atoms with Gasteiger partial charge in [0.05, 0.1) is 0 Å². The van der Waals surface area contributed by atoms with Gasteiger partial charge in [0.1, 0.15) is 0 Å². The molecule has 0 spiro atoms. The molecule has 1 saturated heterocycles. The second-order valence-electron chi connectivity index (χ2n) is 3.29. The van der Waals surface area contributed by atoms with E-state index in [0.717, 1.165) is 12.1 Å². The predicted molar refractivity (Wildman–Crippen MR) is 40.5 cm³/mol. The standard InChI is InChI=1S/C8H17N/c1-7-5-4-6-8(2)9(7)3/h7-8H,4-6H2,1-3H3/t7-,8?/m0/s1. The quantitative estimate of drug-likeness (QED) is 0.480. The largest absolute Gasteiger partial charge is 0.301 e. The van der Waals surface area contributed by atoms with Gasteiger partial charge in [-0.3, -0.25) is 0 Å². The van der Waals surface area contributed by atoms with Crippen molar-refractivity contribution in [1.82, 2.24) is 4.90 Å². The van der Waals surface area contributed by atoms with Gasteiger partial charge in [-0.2, -0.15) is 0 Å². The van der Waals surface area contributed by atoms with Crippen LogP contribution in [0.25, 0.3) is 0 Å². The Morgan fingerprint density at radius 3 is 1.89 bits per heavy atom. The minimum atomic E-state index is 0.814. The number of hydrogen-bond donors (Lipinski definition) is 0. The highest BCUT2D eigenvalue weighted by molar-refractivity contribution is 4.75. The fraction of sp³-hybridized carbons (Fsp3) is 1.00. The molecule has 0 aromatic carbocycles. The van der Waals surface area contributed by atoms with Crippen molar-refractivity contribution in [2.45, 2.75) is 45.2 Å². The number of piperidine rings is 1. The lowest BCUT2D eigenvalue weighted by Gasteiger charge is -2.35. The van der Waals surface area contributed by atoms with Gasteiger partial charge in [0, 0.05) is 12.1 Å². The number of nitrogens with zero attached hydrogens (tertiary/aromatic N) is 1. The highest BCUT2D eigenvalue weighted by atomic mass is 15.2. The molecule has 1 unspecified atom stereocenters. The van der Waals surface area contributed by atoms with Gasteiger partial charge in [0.25, 0.3) is 0 Å². The van der Waals surface area contributed by atoms with Crippen molar-refractivity contribution in [1.29, 1.82) is 0 Å². The zero-order chi connectivity index (χ0) is 6.85. The van der Waals surface area contributed by atoms with Crippen LogP contribution in [0.2, 0.25) is 0 Å². The summed E-state index contributed by atoms with van der Waals surface area (Å²) in [5.74, 6) is 0. The molecule has 0 aliphatic carbocycles. The molecule has 54 valence electrons. The Morgan fingerprint density at radius 1 is 1.11 bits per heavy atom. The summed E-state index contributed by atoms with van der Waals surface area (Å²) in [6, 6.07) is 1.63. The molecular formula is C8H17N. The summed E-state index contributed by atoms with van der Waals surface area (Å²) in [5, 5.41) is 0. The first-order valence-corrected chi connectivity index (χ1v) is 3.93. The van der Waals surface area contributed by atoms with Crippen molar-refractivity contribution >= 4 is 0 Å². The zero-order valence-corrected chi connectivity index (χ0v) is 6.72. The van der Waals surface area contributed by atoms with Gasteiger partial charge in [-0.1, -0.05) is 6.42 Å². The van der Waals surface area contributed by atoms with E-state index in [1.165, 1.54) is 19.3 Å². The number of rotatable bonds is 0. The Hall–Kier alpha value is -0.0400. The fourth-order valence-electron chi connectivity index (χ4n) is 1.55. The van der Waals surface area contributed by atoms with Crippen LogP contribution in [0.3, 0.4) is 0 Å². The summed E-state index contributed by atoms with van der Waals surface area (Å²) < 4.78 is 0. The molecule has 9 heavy (non-hydrogen) atoms. The highest BCUT2D eigenvalue weighted by Crippen LogP contribution is 2.19. The molecule has 0 aromatic heterocycles. The van der Waals surface area contributed by atoms with Gasteiger partial charge in [-0.05, 0) is 33.7 Å². The molecule has 0 N–H and O–H groups in total. The van der Waals surface area contributed by atoms with Crippen LogP contribution in [-0.2, 0) is 0 Å². The summed E-state index contributed by atoms with van der Waals surface area (Å²) in [6.07, 6.45) is 4.20. The SMILES string of the molecule is CC1CCC[C@H](C)N1C. The molecule has 2 atom stereocenters. The van der Waals surface area contributed by atoms with Crippen LogP contribution >= 0.6 is 0 Å². The third-order valence-electron chi connectivity index (χ3n) is 2.63. The van der Waals surface area contributed by atoms with Crippen LogP contribution in [0.4, 0.5) is 0 Å². The van der Waals surface area contributed by atoms with Crippen LogP contribution in [0, 0.1) is 0 Å². The molecule has 1 aliphatic rings. The van der Waals surface area contributed by atoms with Crippen molar-refractivity contribution < 1.29 is 0 Å². The van der Waals surface area contributed by atoms with Crippen LogP contribution in [0.15, 0.2) is 0 Å². The van der Waals surface area contributed by atoms with E-state index in [1.807, 2.05) is 0 Å². The smallest absolute Gasteiger partial charge is 0.00667 e. The average Bonchev–Trinajstić information content (AvgIpc) is 1.83. The first kappa shape index (κ1) is 7.07. The molecule has 1 heterocycles. The van der Waals surface area contributed by atoms with E-state index in [-0.39, 0.29) is 0 Å². The minimum Gasteiger partial charge on any atom is -0.301 e. The van der Waals surface area contributed by atoms with Crippen molar-refractivity contribution in [2.24, 2.45) is 0 Å². The third-order valence-corrected chi connectivity index (χ3v) is 2.63. The van der Waals surface area contributed by atoms with Crippen molar-refractivity contribution in [3.63, 3.8) is 0 Å². The molecule has 1 aliphatic heterocycles. The maximum Gasteiger partial charge on any atom is 0.00667 e. The molecule has 1 nitrogen and oxygen atoms in total. The summed E-state index contributed by atoms with van der Waals surface area (Å²) in [5.41, 5.74) is 0. The van der Waals surface area contributed by atoms with E-state index >= 15 is 0 Å². The summed E-state index contributed by atoms with van der Waals surface area (Å²) in [4.78, 5) is 2.48. The Morgan fingerprint density at radius 2 is 1.56 bits per heavy atom. The van der Waals surface area contributed by atoms with Gasteiger partial charge >= 0.3 is 0 Å². The first-order chi connectivity index (χ1) is 4.22. The normalized spacial score (nSPS) is 39.0. The Labute approximate surface area is 58.0 Å². The summed E-state index contributed by atoms with van der Waals surface area (Å²) in [7, 11) is 2.23. The molecule has 0 bridgehead atoms. The van der Waals surface area contributed by atoms with Gasteiger partial charge in [-0.25, -0.2) is 0 Å². The molecule has 0 radical (unpaired) electrons. The first-order valence-electron chi connectivity index (χ1n) is 3.93. The Bertz CT molecular complexity index is 80.6. The van der Waals surface area contributed by atoms with Crippen LogP contribution in [0.1, 0.15) is 33.1 Å². The lowest BCUT2D eigenvalue weighted by molar-refractivity contribution is 0.138. The molecule has 0 amide bonds. The molecular weight excluding hydrogens is 110 g/mol. The highest BCUT2D eigenvalue weighted by Gasteiger charge is 2.19. The van der Waals surface area contributed by atoms with E-state index in [1.54, 1.807) is 0 Å². The second-order valence-corrected chi connectivity index (χ2v) is 3.29. The Kier molecular flexibility index (Phi) is 2.12. The van der Waals surface area contributed by atoms with Crippen LogP contribution in [-0.4, -0.2) is 24.0 Å². The van der Waals surface area contributed by atoms with Crippen molar-refractivity contribution in [3.05, 3.63) is 0 Å². The Balaban J connectivity index is 2.41. The predicted octanol–water partition coefficient (Wildman–Crippen LogP) is 1.88. The van der Waals surface area contributed by atoms with Crippen LogP contribution < -0.4 is 0 Å². The van der Waals surface area contributed by atoms with Gasteiger partial charge in [0.2, 0.25) is 0 Å². The average molecular weight is 127 g/mol. The minimum absolute atomic E-state index is 0.814. The second kappa shape index (κ2) is 2.70. The lowest BCUT2D eigenvalue weighted by Crippen LogP contribution is -2.40. The van der Waals surface area contributed by atoms with Crippen molar-refractivity contribution in [3.8, 4) is 0 Å². The summed E-state index contributed by atoms with van der Waals surface area (Å²) >= 11 is 0. The number of likely N-dealkylation sites (tertiary alicyclic amines) is 1. The van der Waals surface area contributed by atoms with E-state index < -0.39 is 0 Å². The lowest BCUT2D eigenvalue weighted by atomic mass is 9.99. The number of hydrogen-bond acceptors (Lipinski definition) is 1.